The van der Waals surface area contributed by atoms with Gasteiger partial charge < -0.3 is 26.1 Å². The lowest BCUT2D eigenvalue weighted by Gasteiger charge is -2.13. The number of hydrogen-bond donors (Lipinski definition) is 5. The SMILES string of the molecule is C=C(CCC)NCCCCCN(O)C(C)=O.C=CN(O)CCCCCNC.CN(C/C=C/CN)C(=O)CCC=O. The number of hydrogen-bond acceptors (Lipinski definition) is 9. The summed E-state index contributed by atoms with van der Waals surface area (Å²) in [6.45, 7) is 15.0. The first-order valence-electron chi connectivity index (χ1n) is 14.2. The van der Waals surface area contributed by atoms with E-state index in [4.69, 9.17) is 16.1 Å². The van der Waals surface area contributed by atoms with Crippen LogP contribution in [0.1, 0.15) is 78.1 Å². The number of amides is 2. The molecule has 0 aromatic rings. The predicted molar refractivity (Wildman–Crippen MR) is 163 cm³/mol. The number of likely N-dealkylation sites (N-methyl/N-ethyl adjacent to an activating group) is 1. The van der Waals surface area contributed by atoms with E-state index in [0.29, 0.717) is 32.6 Å². The fourth-order valence-corrected chi connectivity index (χ4v) is 3.02. The quantitative estimate of drug-likeness (QED) is 0.0433. The number of aldehydes is 1. The maximum atomic E-state index is 11.2. The number of nitrogens with two attached hydrogens (primary N) is 1. The standard InChI is InChI=1S/C12H24N2O2.C9H16N2O2.C8H18N2O/c1-4-8-11(2)13-9-6-5-7-10-14(16)12(3)15;1-11(7-3-2-6-10)9(13)5-4-8-12;1-3-10(11)8-6-4-5-7-9-2/h13,16H,2,4-10H2,1,3H3;2-3,8H,4-7,10H2,1H3;3,9,11H,1,4-8H2,2H3/b;3-2+;. The molecule has 0 heterocycles. The normalized spacial score (nSPS) is 9.97. The summed E-state index contributed by atoms with van der Waals surface area (Å²) < 4.78 is 0. The van der Waals surface area contributed by atoms with Crippen LogP contribution in [-0.4, -0.2) is 96.9 Å². The zero-order chi connectivity index (χ0) is 31.0. The molecule has 0 saturated heterocycles. The van der Waals surface area contributed by atoms with Gasteiger partial charge in [0.15, 0.2) is 0 Å². The molecule has 0 spiro atoms. The monoisotopic (exact) mass is 570 g/mol. The number of nitrogens with zero attached hydrogens (tertiary/aromatic N) is 3. The van der Waals surface area contributed by atoms with Crippen molar-refractivity contribution >= 4 is 18.1 Å². The maximum absolute atomic E-state index is 11.2. The van der Waals surface area contributed by atoms with Gasteiger partial charge in [0, 0.05) is 71.4 Å². The van der Waals surface area contributed by atoms with Gasteiger partial charge in [0.05, 0.1) is 0 Å². The zero-order valence-electron chi connectivity index (χ0n) is 25.6. The Kier molecular flexibility index (Phi) is 33.9. The van der Waals surface area contributed by atoms with Crippen molar-refractivity contribution in [3.63, 3.8) is 0 Å². The van der Waals surface area contributed by atoms with Crippen molar-refractivity contribution in [1.82, 2.24) is 25.7 Å². The highest BCUT2D eigenvalue weighted by atomic mass is 16.5. The Morgan fingerprint density at radius 1 is 0.975 bits per heavy atom. The second-order valence-corrected chi connectivity index (χ2v) is 9.18. The van der Waals surface area contributed by atoms with Crippen LogP contribution in [0.25, 0.3) is 0 Å². The summed E-state index contributed by atoms with van der Waals surface area (Å²) in [5, 5.41) is 26.2. The van der Waals surface area contributed by atoms with Crippen LogP contribution in [0, 0.1) is 0 Å². The van der Waals surface area contributed by atoms with Crippen LogP contribution in [0.3, 0.4) is 0 Å². The average molecular weight is 571 g/mol. The molecule has 40 heavy (non-hydrogen) atoms. The highest BCUT2D eigenvalue weighted by Crippen LogP contribution is 2.00. The first-order valence-corrected chi connectivity index (χ1v) is 14.2. The molecule has 0 aliphatic heterocycles. The number of carbonyl (C=O) groups excluding carboxylic acids is 3. The number of unbranched alkanes of at least 4 members (excludes halogenated alkanes) is 4. The van der Waals surface area contributed by atoms with Gasteiger partial charge in [-0.05, 0) is 52.1 Å². The Balaban J connectivity index is -0.000000523. The van der Waals surface area contributed by atoms with Gasteiger partial charge in [-0.3, -0.25) is 25.1 Å². The number of hydroxylamine groups is 4. The molecule has 6 N–H and O–H groups in total. The molecule has 0 unspecified atom stereocenters. The summed E-state index contributed by atoms with van der Waals surface area (Å²) in [5.41, 5.74) is 6.33. The van der Waals surface area contributed by atoms with Crippen molar-refractivity contribution in [2.45, 2.75) is 78.1 Å². The lowest BCUT2D eigenvalue weighted by molar-refractivity contribution is -0.162. The minimum absolute atomic E-state index is 0.0197. The lowest BCUT2D eigenvalue weighted by atomic mass is 10.2. The number of allylic oxidation sites excluding steroid dienone is 1. The summed E-state index contributed by atoms with van der Waals surface area (Å²) in [7, 11) is 3.65. The molecule has 0 aliphatic carbocycles. The van der Waals surface area contributed by atoms with Crippen molar-refractivity contribution in [2.75, 3.05) is 53.4 Å². The Morgan fingerprint density at radius 2 is 1.60 bits per heavy atom. The van der Waals surface area contributed by atoms with E-state index in [-0.39, 0.29) is 18.2 Å². The van der Waals surface area contributed by atoms with E-state index in [1.165, 1.54) is 19.5 Å². The Hall–Kier alpha value is -2.73. The highest BCUT2D eigenvalue weighted by Gasteiger charge is 2.05. The van der Waals surface area contributed by atoms with E-state index in [0.717, 1.165) is 80.1 Å². The van der Waals surface area contributed by atoms with Crippen molar-refractivity contribution in [3.05, 3.63) is 37.2 Å². The van der Waals surface area contributed by atoms with Crippen LogP contribution in [0.4, 0.5) is 0 Å². The molecule has 0 saturated carbocycles. The number of carbonyl (C=O) groups is 3. The molecule has 11 nitrogen and oxygen atoms in total. The second kappa shape index (κ2) is 32.5. The first kappa shape index (κ1) is 41.7. The van der Waals surface area contributed by atoms with Gasteiger partial charge in [-0.25, -0.2) is 5.06 Å². The van der Waals surface area contributed by atoms with Crippen LogP contribution < -0.4 is 16.4 Å². The van der Waals surface area contributed by atoms with E-state index >= 15 is 0 Å². The van der Waals surface area contributed by atoms with Gasteiger partial charge in [-0.1, -0.05) is 45.1 Å². The molecule has 0 rings (SSSR count). The molecule has 0 fully saturated rings. The largest absolute Gasteiger partial charge is 0.389 e. The predicted octanol–water partition coefficient (Wildman–Crippen LogP) is 3.45. The number of rotatable bonds is 22. The molecule has 0 bridgehead atoms. The van der Waals surface area contributed by atoms with Gasteiger partial charge in [0.25, 0.3) is 0 Å². The van der Waals surface area contributed by atoms with Crippen molar-refractivity contribution in [2.24, 2.45) is 5.73 Å². The van der Waals surface area contributed by atoms with Gasteiger partial charge in [0.2, 0.25) is 11.8 Å². The Labute approximate surface area is 243 Å². The van der Waals surface area contributed by atoms with Crippen LogP contribution in [-0.2, 0) is 14.4 Å². The van der Waals surface area contributed by atoms with Gasteiger partial charge >= 0.3 is 0 Å². The highest BCUT2D eigenvalue weighted by molar-refractivity contribution is 5.78. The van der Waals surface area contributed by atoms with Crippen molar-refractivity contribution in [3.8, 4) is 0 Å². The van der Waals surface area contributed by atoms with Crippen molar-refractivity contribution < 1.29 is 24.8 Å². The maximum Gasteiger partial charge on any atom is 0.242 e. The van der Waals surface area contributed by atoms with Crippen LogP contribution in [0.15, 0.2) is 37.2 Å². The van der Waals surface area contributed by atoms with Crippen LogP contribution in [0.5, 0.6) is 0 Å². The molecule has 2 amide bonds. The summed E-state index contributed by atoms with van der Waals surface area (Å²) in [5.74, 6) is -0.316. The van der Waals surface area contributed by atoms with Gasteiger partial charge in [-0.2, -0.15) is 0 Å². The first-order chi connectivity index (χ1) is 19.1. The lowest BCUT2D eigenvalue weighted by Crippen LogP contribution is -2.26. The smallest absolute Gasteiger partial charge is 0.242 e. The molecular formula is C29H58N6O5. The van der Waals surface area contributed by atoms with E-state index < -0.39 is 0 Å². The van der Waals surface area contributed by atoms with Gasteiger partial charge in [-0.15, -0.1) is 0 Å². The van der Waals surface area contributed by atoms with E-state index in [1.807, 2.05) is 13.1 Å². The summed E-state index contributed by atoms with van der Waals surface area (Å²) >= 11 is 0. The summed E-state index contributed by atoms with van der Waals surface area (Å²) in [4.78, 5) is 33.4. The second-order valence-electron chi connectivity index (χ2n) is 9.18. The molecule has 0 radical (unpaired) electrons. The third-order valence-electron chi connectivity index (χ3n) is 5.45. The topological polar surface area (TPSA) is 151 Å². The van der Waals surface area contributed by atoms with E-state index in [2.05, 4.69) is 30.7 Å². The molecular weight excluding hydrogens is 512 g/mol. The fraction of sp³-hybridized carbons (Fsp3) is 0.690. The molecule has 0 aromatic carbocycles. The minimum atomic E-state index is -0.297. The molecule has 0 aromatic heterocycles. The molecule has 0 aliphatic rings. The fourth-order valence-electron chi connectivity index (χ4n) is 3.02. The molecule has 234 valence electrons. The molecule has 0 atom stereocenters. The zero-order valence-corrected chi connectivity index (χ0v) is 25.6. The van der Waals surface area contributed by atoms with Crippen LogP contribution in [0.2, 0.25) is 0 Å². The van der Waals surface area contributed by atoms with Crippen LogP contribution >= 0.6 is 0 Å². The number of nitrogens with one attached hydrogen (secondary N) is 2. The van der Waals surface area contributed by atoms with E-state index in [1.54, 1.807) is 18.0 Å². The third-order valence-corrected chi connectivity index (χ3v) is 5.45. The third kappa shape index (κ3) is 33.3. The molecule has 11 heteroatoms. The Bertz CT molecular complexity index is 675. The summed E-state index contributed by atoms with van der Waals surface area (Å²) in [6, 6.07) is 0. The summed E-state index contributed by atoms with van der Waals surface area (Å²) in [6.07, 6.45) is 14.7. The average Bonchev–Trinajstić information content (AvgIpc) is 2.93. The van der Waals surface area contributed by atoms with Gasteiger partial charge in [0.1, 0.15) is 6.29 Å². The van der Waals surface area contributed by atoms with Crippen molar-refractivity contribution in [1.29, 1.82) is 0 Å². The van der Waals surface area contributed by atoms with E-state index in [9.17, 15) is 14.4 Å². The Morgan fingerprint density at radius 3 is 2.12 bits per heavy atom. The minimum Gasteiger partial charge on any atom is -0.389 e.